The smallest absolute Gasteiger partial charge is 0.0782 e. The molecule has 0 aliphatic heterocycles. The summed E-state index contributed by atoms with van der Waals surface area (Å²) in [5, 5.41) is 4.25. The van der Waals surface area contributed by atoms with Crippen LogP contribution in [-0.2, 0) is 6.42 Å². The third-order valence-corrected chi connectivity index (χ3v) is 3.36. The lowest BCUT2D eigenvalue weighted by molar-refractivity contribution is 0.558. The van der Waals surface area contributed by atoms with E-state index in [9.17, 15) is 0 Å². The average molecular weight is 276 g/mol. The number of hydrogen-bond acceptors (Lipinski definition) is 3. The third kappa shape index (κ3) is 4.01. The predicted molar refractivity (Wildman–Crippen MR) is 78.3 cm³/mol. The largest absolute Gasteiger partial charge is 0.308 e. The fourth-order valence-electron chi connectivity index (χ4n) is 2.02. The zero-order chi connectivity index (χ0) is 13.7. The van der Waals surface area contributed by atoms with Gasteiger partial charge in [0.25, 0.3) is 0 Å². The molecule has 2 rings (SSSR count). The summed E-state index contributed by atoms with van der Waals surface area (Å²) >= 11 is 5.86. The first-order valence-electron chi connectivity index (χ1n) is 6.42. The van der Waals surface area contributed by atoms with E-state index in [4.69, 9.17) is 11.6 Å². The summed E-state index contributed by atoms with van der Waals surface area (Å²) in [6, 6.07) is 8.17. The number of aromatic nitrogens is 2. The number of hydrogen-bond donors (Lipinski definition) is 1. The highest BCUT2D eigenvalue weighted by molar-refractivity contribution is 6.30. The third-order valence-electron chi connectivity index (χ3n) is 3.11. The standard InChI is InChI=1S/C15H18ClN3/c1-11(15-12(2)18-9-10-19-15)17-8-7-13-3-5-14(16)6-4-13/h3-6,9-11,17H,7-8H2,1-2H3. The fourth-order valence-corrected chi connectivity index (χ4v) is 2.15. The lowest BCUT2D eigenvalue weighted by Crippen LogP contribution is -2.23. The first-order valence-corrected chi connectivity index (χ1v) is 6.80. The number of halogens is 1. The van der Waals surface area contributed by atoms with Crippen molar-refractivity contribution in [1.82, 2.24) is 15.3 Å². The quantitative estimate of drug-likeness (QED) is 0.909. The van der Waals surface area contributed by atoms with Crippen LogP contribution in [0.25, 0.3) is 0 Å². The summed E-state index contributed by atoms with van der Waals surface area (Å²) in [6.07, 6.45) is 4.43. The van der Waals surface area contributed by atoms with Gasteiger partial charge < -0.3 is 5.32 Å². The number of benzene rings is 1. The van der Waals surface area contributed by atoms with Gasteiger partial charge in [0.05, 0.1) is 11.4 Å². The van der Waals surface area contributed by atoms with Crippen molar-refractivity contribution >= 4 is 11.6 Å². The molecule has 1 aromatic heterocycles. The van der Waals surface area contributed by atoms with Gasteiger partial charge in [0.15, 0.2) is 0 Å². The molecule has 0 aliphatic carbocycles. The van der Waals surface area contributed by atoms with Crippen molar-refractivity contribution in [3.63, 3.8) is 0 Å². The maximum absolute atomic E-state index is 5.86. The van der Waals surface area contributed by atoms with Gasteiger partial charge in [-0.05, 0) is 44.5 Å². The summed E-state index contributed by atoms with van der Waals surface area (Å²) in [5.41, 5.74) is 3.27. The summed E-state index contributed by atoms with van der Waals surface area (Å²) in [7, 11) is 0. The van der Waals surface area contributed by atoms with Crippen LogP contribution >= 0.6 is 11.6 Å². The van der Waals surface area contributed by atoms with Gasteiger partial charge in [0, 0.05) is 23.5 Å². The van der Waals surface area contributed by atoms with E-state index in [1.54, 1.807) is 12.4 Å². The number of aryl methyl sites for hydroxylation is 1. The molecule has 100 valence electrons. The van der Waals surface area contributed by atoms with E-state index in [1.807, 2.05) is 19.1 Å². The van der Waals surface area contributed by atoms with Gasteiger partial charge in [0.1, 0.15) is 0 Å². The summed E-state index contributed by atoms with van der Waals surface area (Å²) < 4.78 is 0. The normalized spacial score (nSPS) is 12.4. The molecule has 1 heterocycles. The van der Waals surface area contributed by atoms with Crippen molar-refractivity contribution in [2.45, 2.75) is 26.3 Å². The molecule has 19 heavy (non-hydrogen) atoms. The monoisotopic (exact) mass is 275 g/mol. The van der Waals surface area contributed by atoms with Crippen molar-refractivity contribution in [3.05, 3.63) is 58.6 Å². The number of nitrogens with zero attached hydrogens (tertiary/aromatic N) is 2. The SMILES string of the molecule is Cc1nccnc1C(C)NCCc1ccc(Cl)cc1. The molecule has 0 saturated heterocycles. The van der Waals surface area contributed by atoms with Gasteiger partial charge in [0.2, 0.25) is 0 Å². The molecule has 4 heteroatoms. The molecule has 1 N–H and O–H groups in total. The molecule has 1 unspecified atom stereocenters. The van der Waals surface area contributed by atoms with Crippen LogP contribution in [0.5, 0.6) is 0 Å². The molecule has 3 nitrogen and oxygen atoms in total. The van der Waals surface area contributed by atoms with Crippen molar-refractivity contribution in [3.8, 4) is 0 Å². The Morgan fingerprint density at radius 2 is 1.84 bits per heavy atom. The second kappa shape index (κ2) is 6.64. The highest BCUT2D eigenvalue weighted by atomic mass is 35.5. The molecule has 0 spiro atoms. The van der Waals surface area contributed by atoms with Crippen LogP contribution < -0.4 is 5.32 Å². The maximum atomic E-state index is 5.86. The van der Waals surface area contributed by atoms with Crippen LogP contribution in [0, 0.1) is 6.92 Å². The Kier molecular flexibility index (Phi) is 4.88. The Balaban J connectivity index is 1.86. The molecule has 1 aromatic carbocycles. The zero-order valence-electron chi connectivity index (χ0n) is 11.2. The predicted octanol–water partition coefficient (Wildman–Crippen LogP) is 3.33. The van der Waals surface area contributed by atoms with E-state index >= 15 is 0 Å². The van der Waals surface area contributed by atoms with Gasteiger partial charge in [-0.3, -0.25) is 9.97 Å². The maximum Gasteiger partial charge on any atom is 0.0782 e. The van der Waals surface area contributed by atoms with Gasteiger partial charge in [-0.25, -0.2) is 0 Å². The minimum absolute atomic E-state index is 0.209. The summed E-state index contributed by atoms with van der Waals surface area (Å²) in [6.45, 7) is 5.00. The van der Waals surface area contributed by atoms with Crippen LogP contribution in [0.1, 0.15) is 29.9 Å². The Morgan fingerprint density at radius 3 is 2.53 bits per heavy atom. The Labute approximate surface area is 119 Å². The van der Waals surface area contributed by atoms with Crippen molar-refractivity contribution < 1.29 is 0 Å². The van der Waals surface area contributed by atoms with Gasteiger partial charge >= 0.3 is 0 Å². The molecule has 0 fully saturated rings. The fraction of sp³-hybridized carbons (Fsp3) is 0.333. The molecule has 0 amide bonds. The van der Waals surface area contributed by atoms with Crippen LogP contribution in [0.2, 0.25) is 5.02 Å². The molecule has 0 radical (unpaired) electrons. The van der Waals surface area contributed by atoms with E-state index in [0.29, 0.717) is 0 Å². The van der Waals surface area contributed by atoms with E-state index in [2.05, 4.69) is 34.3 Å². The molecule has 0 bridgehead atoms. The summed E-state index contributed by atoms with van der Waals surface area (Å²) in [5.74, 6) is 0. The highest BCUT2D eigenvalue weighted by Gasteiger charge is 2.09. The average Bonchev–Trinajstić information content (AvgIpc) is 2.41. The topological polar surface area (TPSA) is 37.8 Å². The highest BCUT2D eigenvalue weighted by Crippen LogP contribution is 2.12. The zero-order valence-corrected chi connectivity index (χ0v) is 12.0. The first-order chi connectivity index (χ1) is 9.16. The second-order valence-corrected chi connectivity index (χ2v) is 5.02. The van der Waals surface area contributed by atoms with Crippen LogP contribution in [0.4, 0.5) is 0 Å². The van der Waals surface area contributed by atoms with Crippen molar-refractivity contribution in [2.24, 2.45) is 0 Å². The van der Waals surface area contributed by atoms with Crippen LogP contribution in [0.3, 0.4) is 0 Å². The lowest BCUT2D eigenvalue weighted by atomic mass is 10.1. The van der Waals surface area contributed by atoms with E-state index in [1.165, 1.54) is 5.56 Å². The van der Waals surface area contributed by atoms with Gasteiger partial charge in [-0.1, -0.05) is 23.7 Å². The van der Waals surface area contributed by atoms with E-state index < -0.39 is 0 Å². The lowest BCUT2D eigenvalue weighted by Gasteiger charge is -2.14. The number of nitrogens with one attached hydrogen (secondary N) is 1. The second-order valence-electron chi connectivity index (χ2n) is 4.58. The molecule has 2 aromatic rings. The van der Waals surface area contributed by atoms with Crippen LogP contribution in [-0.4, -0.2) is 16.5 Å². The Hall–Kier alpha value is -1.45. The van der Waals surface area contributed by atoms with Crippen LogP contribution in [0.15, 0.2) is 36.7 Å². The Morgan fingerprint density at radius 1 is 1.16 bits per heavy atom. The summed E-state index contributed by atoms with van der Waals surface area (Å²) in [4.78, 5) is 8.63. The molecule has 0 saturated carbocycles. The van der Waals surface area contributed by atoms with E-state index in [0.717, 1.165) is 29.4 Å². The molecular weight excluding hydrogens is 258 g/mol. The molecular formula is C15H18ClN3. The molecule has 1 atom stereocenters. The number of rotatable bonds is 5. The van der Waals surface area contributed by atoms with Gasteiger partial charge in [-0.15, -0.1) is 0 Å². The Bertz CT molecular complexity index is 525. The molecule has 0 aliphatic rings. The minimum atomic E-state index is 0.209. The van der Waals surface area contributed by atoms with Crippen molar-refractivity contribution in [1.29, 1.82) is 0 Å². The minimum Gasteiger partial charge on any atom is -0.308 e. The van der Waals surface area contributed by atoms with E-state index in [-0.39, 0.29) is 6.04 Å². The first kappa shape index (κ1) is 14.0. The van der Waals surface area contributed by atoms with Crippen molar-refractivity contribution in [2.75, 3.05) is 6.54 Å². The van der Waals surface area contributed by atoms with Gasteiger partial charge in [-0.2, -0.15) is 0 Å².